The van der Waals surface area contributed by atoms with Crippen LogP contribution in [0.4, 0.5) is 0 Å². The molecule has 3 unspecified atom stereocenters. The number of nitrogens with zero attached hydrogens (tertiary/aromatic N) is 1. The van der Waals surface area contributed by atoms with E-state index in [1.54, 1.807) is 6.08 Å². The van der Waals surface area contributed by atoms with Crippen molar-refractivity contribution in [2.75, 3.05) is 40.9 Å². The van der Waals surface area contributed by atoms with Gasteiger partial charge in [-0.25, -0.2) is 4.57 Å². The lowest BCUT2D eigenvalue weighted by atomic mass is 10.0. The van der Waals surface area contributed by atoms with Crippen LogP contribution in [-0.2, 0) is 18.4 Å². The molecule has 3 atom stereocenters. The largest absolute Gasteiger partial charge is 0.472 e. The van der Waals surface area contributed by atoms with E-state index in [1.165, 1.54) is 244 Å². The number of hydrogen-bond acceptors (Lipinski definition) is 5. The minimum absolute atomic E-state index is 0.0588. The predicted molar refractivity (Wildman–Crippen MR) is 300 cm³/mol. The molecule has 0 aromatic rings. The highest BCUT2D eigenvalue weighted by Crippen LogP contribution is 2.43. The number of nitrogens with one attached hydrogen (secondary N) is 1. The highest BCUT2D eigenvalue weighted by Gasteiger charge is 2.27. The minimum Gasteiger partial charge on any atom is -0.387 e. The molecule has 3 N–H and O–H groups in total. The van der Waals surface area contributed by atoms with E-state index in [2.05, 4.69) is 31.3 Å². The van der Waals surface area contributed by atoms with Gasteiger partial charge in [-0.2, -0.15) is 0 Å². The lowest BCUT2D eigenvalue weighted by molar-refractivity contribution is -0.870. The lowest BCUT2D eigenvalue weighted by Crippen LogP contribution is -2.45. The van der Waals surface area contributed by atoms with Crippen LogP contribution < -0.4 is 5.32 Å². The quantitative estimate of drug-likeness (QED) is 0.0243. The van der Waals surface area contributed by atoms with Crippen molar-refractivity contribution in [3.05, 3.63) is 24.3 Å². The van der Waals surface area contributed by atoms with Gasteiger partial charge in [0.1, 0.15) is 13.2 Å². The first kappa shape index (κ1) is 68.0. The van der Waals surface area contributed by atoms with Crippen LogP contribution in [0.2, 0.25) is 0 Å². The number of carbonyl (C=O) groups is 1. The van der Waals surface area contributed by atoms with Gasteiger partial charge in [0.15, 0.2) is 0 Å². The summed E-state index contributed by atoms with van der Waals surface area (Å²) in [5, 5.41) is 13.9. The van der Waals surface area contributed by atoms with Crippen LogP contribution in [0.3, 0.4) is 0 Å². The van der Waals surface area contributed by atoms with Crippen LogP contribution in [-0.4, -0.2) is 73.4 Å². The summed E-state index contributed by atoms with van der Waals surface area (Å²) in [4.78, 5) is 23.3. The molecule has 8 nitrogen and oxygen atoms in total. The van der Waals surface area contributed by atoms with Gasteiger partial charge in [0.2, 0.25) is 5.91 Å². The van der Waals surface area contributed by atoms with Gasteiger partial charge < -0.3 is 19.8 Å². The van der Waals surface area contributed by atoms with Crippen LogP contribution in [0, 0.1) is 0 Å². The zero-order valence-corrected chi connectivity index (χ0v) is 47.7. The molecule has 0 bridgehead atoms. The molecule has 0 saturated heterocycles. The summed E-state index contributed by atoms with van der Waals surface area (Å²) < 4.78 is 23.7. The number of hydrogen-bond donors (Lipinski definition) is 3. The van der Waals surface area contributed by atoms with E-state index in [9.17, 15) is 19.4 Å². The van der Waals surface area contributed by atoms with E-state index in [4.69, 9.17) is 9.05 Å². The van der Waals surface area contributed by atoms with Gasteiger partial charge in [-0.05, 0) is 32.1 Å². The summed E-state index contributed by atoms with van der Waals surface area (Å²) >= 11 is 0. The maximum Gasteiger partial charge on any atom is 0.472 e. The molecule has 0 heterocycles. The Kier molecular flexibility index (Phi) is 51.1. The number of amides is 1. The van der Waals surface area contributed by atoms with Crippen LogP contribution in [0.25, 0.3) is 0 Å². The Morgan fingerprint density at radius 2 is 0.797 bits per heavy atom. The first-order chi connectivity index (χ1) is 33.5. The lowest BCUT2D eigenvalue weighted by Gasteiger charge is -2.25. The molecule has 0 aliphatic heterocycles. The maximum absolute atomic E-state index is 13.0. The normalized spacial score (nSPS) is 14.0. The van der Waals surface area contributed by atoms with Crippen molar-refractivity contribution in [1.29, 1.82) is 0 Å². The zero-order valence-electron chi connectivity index (χ0n) is 46.8. The smallest absolute Gasteiger partial charge is 0.387 e. The van der Waals surface area contributed by atoms with Gasteiger partial charge in [0.05, 0.1) is 39.9 Å². The summed E-state index contributed by atoms with van der Waals surface area (Å²) in [6.45, 7) is 4.84. The monoisotopic (exact) mass is 996 g/mol. The Morgan fingerprint density at radius 1 is 0.478 bits per heavy atom. The standard InChI is InChI=1S/C60H119N2O6P/c1-6-8-10-12-14-16-18-20-22-24-26-27-28-29-30-31-32-33-34-35-36-38-40-42-44-46-48-50-52-54-60(64)61-58(57-68-69(65,66)67-56-55-62(3,4)5)59(63)53-51-49-47-45-43-41-39-37-25-23-21-19-17-15-13-11-9-7-2/h43,45,51,53,58-59,63H,6-42,44,46-50,52,54-57H2,1-5H3,(H-,61,64,65,66)/p+1/b45-43+,53-51+. The highest BCUT2D eigenvalue weighted by molar-refractivity contribution is 7.47. The molecule has 1 amide bonds. The summed E-state index contributed by atoms with van der Waals surface area (Å²) in [6.07, 6.45) is 65.8. The number of phosphoric acid groups is 1. The highest BCUT2D eigenvalue weighted by atomic mass is 31.2. The fourth-order valence-electron chi connectivity index (χ4n) is 9.18. The molecule has 410 valence electrons. The summed E-state index contributed by atoms with van der Waals surface area (Å²) in [6, 6.07) is -0.860. The van der Waals surface area contributed by atoms with Gasteiger partial charge in [-0.3, -0.25) is 13.8 Å². The number of likely N-dealkylation sites (N-methyl/N-ethyl adjacent to an activating group) is 1. The van der Waals surface area contributed by atoms with Gasteiger partial charge in [0.25, 0.3) is 0 Å². The van der Waals surface area contributed by atoms with Crippen molar-refractivity contribution in [1.82, 2.24) is 5.32 Å². The van der Waals surface area contributed by atoms with Gasteiger partial charge >= 0.3 is 7.82 Å². The number of carbonyl (C=O) groups excluding carboxylic acids is 1. The van der Waals surface area contributed by atoms with E-state index in [-0.39, 0.29) is 19.1 Å². The first-order valence-electron chi connectivity index (χ1n) is 30.2. The number of quaternary nitrogens is 1. The molecule has 0 aromatic carbocycles. The number of unbranched alkanes of at least 4 members (excludes halogenated alkanes) is 41. The van der Waals surface area contributed by atoms with Gasteiger partial charge in [-0.15, -0.1) is 0 Å². The number of allylic oxidation sites excluding steroid dienone is 3. The molecule has 0 spiro atoms. The van der Waals surface area contributed by atoms with Crippen molar-refractivity contribution in [3.8, 4) is 0 Å². The molecule has 0 aliphatic rings. The predicted octanol–water partition coefficient (Wildman–Crippen LogP) is 18.4. The number of rotatable bonds is 56. The first-order valence-corrected chi connectivity index (χ1v) is 31.7. The van der Waals surface area contributed by atoms with Crippen molar-refractivity contribution in [2.45, 2.75) is 315 Å². The SMILES string of the molecule is CCCCCCCCCCCCCC/C=C/CC/C=C/C(O)C(COP(=O)(O)OCC[N+](C)(C)C)NC(=O)CCCCCCCCCCCCCCCCCCCCCCCCCCCCCCC. The molecular formula is C60H120N2O6P+. The third-order valence-electron chi connectivity index (χ3n) is 13.9. The van der Waals surface area contributed by atoms with Crippen molar-refractivity contribution in [3.63, 3.8) is 0 Å². The molecule has 0 rings (SSSR count). The molecule has 69 heavy (non-hydrogen) atoms. The average molecular weight is 997 g/mol. The van der Waals surface area contributed by atoms with Crippen molar-refractivity contribution in [2.24, 2.45) is 0 Å². The summed E-state index contributed by atoms with van der Waals surface area (Å²) in [5.74, 6) is -0.180. The van der Waals surface area contributed by atoms with Crippen LogP contribution in [0.1, 0.15) is 303 Å². The zero-order chi connectivity index (χ0) is 50.6. The van der Waals surface area contributed by atoms with Crippen molar-refractivity contribution >= 4 is 13.7 Å². The molecule has 0 saturated carbocycles. The summed E-state index contributed by atoms with van der Waals surface area (Å²) in [7, 11) is 1.57. The average Bonchev–Trinajstić information content (AvgIpc) is 3.31. The van der Waals surface area contributed by atoms with Crippen molar-refractivity contribution < 1.29 is 32.9 Å². The van der Waals surface area contributed by atoms with E-state index < -0.39 is 20.0 Å². The topological polar surface area (TPSA) is 105 Å². The third-order valence-corrected chi connectivity index (χ3v) is 14.9. The Hall–Kier alpha value is -1.02. The minimum atomic E-state index is -4.35. The molecule has 0 aromatic heterocycles. The van der Waals surface area contributed by atoms with E-state index in [0.717, 1.165) is 38.5 Å². The molecule has 0 radical (unpaired) electrons. The summed E-state index contributed by atoms with van der Waals surface area (Å²) in [5.41, 5.74) is 0. The number of phosphoric ester groups is 1. The molecule has 0 fully saturated rings. The second kappa shape index (κ2) is 51.9. The Morgan fingerprint density at radius 3 is 1.16 bits per heavy atom. The van der Waals surface area contributed by atoms with E-state index in [0.29, 0.717) is 17.4 Å². The van der Waals surface area contributed by atoms with Crippen LogP contribution in [0.5, 0.6) is 0 Å². The second-order valence-electron chi connectivity index (χ2n) is 22.1. The molecule has 9 heteroatoms. The fourth-order valence-corrected chi connectivity index (χ4v) is 9.92. The molecule has 0 aliphatic carbocycles. The van der Waals surface area contributed by atoms with Gasteiger partial charge in [-0.1, -0.05) is 289 Å². The number of aliphatic hydroxyl groups excluding tert-OH is 1. The Labute approximate surface area is 430 Å². The third kappa shape index (κ3) is 54.6. The Bertz CT molecular complexity index is 1170. The van der Waals surface area contributed by atoms with Crippen LogP contribution in [0.15, 0.2) is 24.3 Å². The fraction of sp³-hybridized carbons (Fsp3) is 0.917. The van der Waals surface area contributed by atoms with Gasteiger partial charge in [0, 0.05) is 6.42 Å². The van der Waals surface area contributed by atoms with Crippen LogP contribution >= 0.6 is 7.82 Å². The second-order valence-corrected chi connectivity index (χ2v) is 23.5. The number of aliphatic hydroxyl groups is 1. The van der Waals surface area contributed by atoms with E-state index in [1.807, 2.05) is 27.2 Å². The Balaban J connectivity index is 4.11. The molecular weight excluding hydrogens is 876 g/mol. The van der Waals surface area contributed by atoms with E-state index >= 15 is 0 Å². The maximum atomic E-state index is 13.0.